The van der Waals surface area contributed by atoms with E-state index < -0.39 is 5.97 Å². The summed E-state index contributed by atoms with van der Waals surface area (Å²) in [4.78, 5) is 20.2. The average molecular weight is 223 g/mol. The van der Waals surface area contributed by atoms with Crippen molar-refractivity contribution >= 4 is 11.9 Å². The first-order chi connectivity index (χ1) is 7.43. The number of carboxylic acid groups (broad SMARTS) is 1. The molecule has 1 amide bonds. The molecule has 4 nitrogen and oxygen atoms in total. The van der Waals surface area contributed by atoms with Crippen LogP contribution in [0.4, 0.5) is 0 Å². The van der Waals surface area contributed by atoms with E-state index in [9.17, 15) is 9.59 Å². The molecule has 0 aliphatic heterocycles. The summed E-state index contributed by atoms with van der Waals surface area (Å²) < 4.78 is 0. The Kier molecular flexibility index (Phi) is 6.59. The Bertz CT molecular complexity index is 333. The van der Waals surface area contributed by atoms with Gasteiger partial charge in [-0.15, -0.1) is 0 Å². The summed E-state index contributed by atoms with van der Waals surface area (Å²) in [5.41, 5.74) is 5.53. The second-order valence-electron chi connectivity index (χ2n) is 3.72. The molecule has 0 heterocycles. The largest absolute Gasteiger partial charge is 0.481 e. The Labute approximate surface area is 95.1 Å². The first kappa shape index (κ1) is 14.2. The van der Waals surface area contributed by atoms with Crippen LogP contribution in [0.5, 0.6) is 0 Å². The minimum atomic E-state index is -0.713. The third kappa shape index (κ3) is 7.55. The van der Waals surface area contributed by atoms with Gasteiger partial charge in [0.25, 0.3) is 0 Å². The van der Waals surface area contributed by atoms with Gasteiger partial charge in [0.15, 0.2) is 0 Å². The Morgan fingerprint density at radius 2 is 1.75 bits per heavy atom. The number of hydrogen-bond donors (Lipinski definition) is 2. The molecule has 88 valence electrons. The minimum Gasteiger partial charge on any atom is -0.481 e. The van der Waals surface area contributed by atoms with E-state index in [1.54, 1.807) is 24.3 Å². The van der Waals surface area contributed by atoms with Crippen molar-refractivity contribution in [1.29, 1.82) is 0 Å². The third-order valence-electron chi connectivity index (χ3n) is 1.64. The van der Waals surface area contributed by atoms with Crippen LogP contribution in [0.3, 0.4) is 0 Å². The van der Waals surface area contributed by atoms with Crippen molar-refractivity contribution in [2.24, 2.45) is 11.7 Å². The number of carbonyl (C=O) groups excluding carboxylic acids is 1. The minimum absolute atomic E-state index is 0.275. The molecule has 0 saturated carbocycles. The molecule has 0 atom stereocenters. The van der Waals surface area contributed by atoms with E-state index in [0.29, 0.717) is 5.56 Å². The molecular weight excluding hydrogens is 206 g/mol. The zero-order valence-corrected chi connectivity index (χ0v) is 9.51. The monoisotopic (exact) mass is 223 g/mol. The number of carboxylic acids is 1. The Hall–Kier alpha value is -1.84. The van der Waals surface area contributed by atoms with Crippen LogP contribution >= 0.6 is 0 Å². The lowest BCUT2D eigenvalue weighted by atomic mass is 10.1. The van der Waals surface area contributed by atoms with Gasteiger partial charge in [-0.05, 0) is 18.1 Å². The number of benzene rings is 1. The van der Waals surface area contributed by atoms with E-state index in [1.165, 1.54) is 0 Å². The lowest BCUT2D eigenvalue weighted by Crippen LogP contribution is -2.09. The fraction of sp³-hybridized carbons (Fsp3) is 0.333. The van der Waals surface area contributed by atoms with Gasteiger partial charge in [0.05, 0.1) is 0 Å². The van der Waals surface area contributed by atoms with E-state index in [2.05, 4.69) is 0 Å². The van der Waals surface area contributed by atoms with E-state index >= 15 is 0 Å². The van der Waals surface area contributed by atoms with Crippen LogP contribution in [0, 0.1) is 5.92 Å². The summed E-state index contributed by atoms with van der Waals surface area (Å²) >= 11 is 0. The number of primary amides is 1. The molecule has 3 N–H and O–H groups in total. The fourth-order valence-corrected chi connectivity index (χ4v) is 0.952. The predicted octanol–water partition coefficient (Wildman–Crippen LogP) is 1.90. The number of aliphatic carboxylic acids is 1. The highest BCUT2D eigenvalue weighted by Crippen LogP contribution is 1.96. The van der Waals surface area contributed by atoms with Gasteiger partial charge in [0, 0.05) is 12.0 Å². The van der Waals surface area contributed by atoms with Crippen LogP contribution in [-0.4, -0.2) is 17.0 Å². The highest BCUT2D eigenvalue weighted by molar-refractivity contribution is 5.92. The van der Waals surface area contributed by atoms with Crippen molar-refractivity contribution in [3.63, 3.8) is 0 Å². The molecule has 0 aliphatic carbocycles. The van der Waals surface area contributed by atoms with Gasteiger partial charge < -0.3 is 10.8 Å². The topological polar surface area (TPSA) is 80.4 Å². The summed E-state index contributed by atoms with van der Waals surface area (Å²) in [6.45, 7) is 3.77. The van der Waals surface area contributed by atoms with Crippen molar-refractivity contribution in [3.05, 3.63) is 35.9 Å². The highest BCUT2D eigenvalue weighted by atomic mass is 16.4. The molecule has 1 aromatic rings. The van der Waals surface area contributed by atoms with Crippen LogP contribution in [0.2, 0.25) is 0 Å². The summed E-state index contributed by atoms with van der Waals surface area (Å²) in [6.07, 6.45) is 0.278. The van der Waals surface area contributed by atoms with Crippen LogP contribution < -0.4 is 5.73 Å². The zero-order chi connectivity index (χ0) is 12.6. The lowest BCUT2D eigenvalue weighted by molar-refractivity contribution is -0.137. The number of amides is 1. The molecule has 0 spiro atoms. The molecule has 1 aromatic carbocycles. The van der Waals surface area contributed by atoms with Crippen molar-refractivity contribution in [3.8, 4) is 0 Å². The quantitative estimate of drug-likeness (QED) is 0.821. The Morgan fingerprint density at radius 1 is 1.25 bits per heavy atom. The smallest absolute Gasteiger partial charge is 0.303 e. The van der Waals surface area contributed by atoms with E-state index in [1.807, 2.05) is 19.9 Å². The molecular formula is C12H17NO3. The molecule has 0 fully saturated rings. The molecule has 0 bridgehead atoms. The highest BCUT2D eigenvalue weighted by Gasteiger charge is 1.98. The van der Waals surface area contributed by atoms with Crippen molar-refractivity contribution in [2.75, 3.05) is 0 Å². The SMILES string of the molecule is CC(C)CC(=O)O.NC(=O)c1ccccc1. The maximum atomic E-state index is 10.4. The maximum absolute atomic E-state index is 10.4. The molecule has 0 radical (unpaired) electrons. The Morgan fingerprint density at radius 3 is 1.94 bits per heavy atom. The van der Waals surface area contributed by atoms with Gasteiger partial charge >= 0.3 is 5.97 Å². The van der Waals surface area contributed by atoms with Gasteiger partial charge in [-0.2, -0.15) is 0 Å². The third-order valence-corrected chi connectivity index (χ3v) is 1.64. The van der Waals surface area contributed by atoms with Gasteiger partial charge in [-0.1, -0.05) is 32.0 Å². The van der Waals surface area contributed by atoms with E-state index in [4.69, 9.17) is 10.8 Å². The summed E-state index contributed by atoms with van der Waals surface area (Å²) in [7, 11) is 0. The van der Waals surface area contributed by atoms with Crippen molar-refractivity contribution in [2.45, 2.75) is 20.3 Å². The first-order valence-electron chi connectivity index (χ1n) is 5.00. The van der Waals surface area contributed by atoms with Crippen LogP contribution in [0.25, 0.3) is 0 Å². The summed E-state index contributed by atoms with van der Waals surface area (Å²) in [5, 5.41) is 8.08. The van der Waals surface area contributed by atoms with Gasteiger partial charge in [-0.3, -0.25) is 9.59 Å². The molecule has 16 heavy (non-hydrogen) atoms. The van der Waals surface area contributed by atoms with Gasteiger partial charge in [0.1, 0.15) is 0 Å². The van der Waals surface area contributed by atoms with E-state index in [0.717, 1.165) is 0 Å². The maximum Gasteiger partial charge on any atom is 0.303 e. The number of rotatable bonds is 3. The molecule has 0 aliphatic rings. The fourth-order valence-electron chi connectivity index (χ4n) is 0.952. The summed E-state index contributed by atoms with van der Waals surface area (Å²) in [6, 6.07) is 8.76. The van der Waals surface area contributed by atoms with Crippen LogP contribution in [0.15, 0.2) is 30.3 Å². The first-order valence-corrected chi connectivity index (χ1v) is 5.00. The lowest BCUT2D eigenvalue weighted by Gasteiger charge is -1.94. The number of carbonyl (C=O) groups is 2. The van der Waals surface area contributed by atoms with E-state index in [-0.39, 0.29) is 18.2 Å². The normalized spacial score (nSPS) is 9.19. The summed E-state index contributed by atoms with van der Waals surface area (Å²) in [5.74, 6) is -0.817. The van der Waals surface area contributed by atoms with Crippen molar-refractivity contribution in [1.82, 2.24) is 0 Å². The van der Waals surface area contributed by atoms with Crippen LogP contribution in [0.1, 0.15) is 30.6 Å². The predicted molar refractivity (Wildman–Crippen MR) is 62.1 cm³/mol. The van der Waals surface area contributed by atoms with Crippen LogP contribution in [-0.2, 0) is 4.79 Å². The molecule has 4 heteroatoms. The average Bonchev–Trinajstić information content (AvgIpc) is 2.17. The second-order valence-corrected chi connectivity index (χ2v) is 3.72. The molecule has 0 unspecified atom stereocenters. The molecule has 1 rings (SSSR count). The molecule has 0 aromatic heterocycles. The van der Waals surface area contributed by atoms with Gasteiger partial charge in [0.2, 0.25) is 5.91 Å². The Balaban J connectivity index is 0.000000293. The number of hydrogen-bond acceptors (Lipinski definition) is 2. The standard InChI is InChI=1S/C7H7NO.C5H10O2/c8-7(9)6-4-2-1-3-5-6;1-4(2)3-5(6)7/h1-5H,(H2,8,9);4H,3H2,1-2H3,(H,6,7). The molecule has 0 saturated heterocycles. The number of nitrogens with two attached hydrogens (primary N) is 1. The van der Waals surface area contributed by atoms with Crippen molar-refractivity contribution < 1.29 is 14.7 Å². The second kappa shape index (κ2) is 7.45. The zero-order valence-electron chi connectivity index (χ0n) is 9.51. The van der Waals surface area contributed by atoms with Gasteiger partial charge in [-0.25, -0.2) is 0 Å².